The summed E-state index contributed by atoms with van der Waals surface area (Å²) in [5, 5.41) is 5.60. The third kappa shape index (κ3) is 5.88. The first kappa shape index (κ1) is 20.0. The largest absolute Gasteiger partial charge is 0.418 e. The molecule has 0 saturated heterocycles. The first-order chi connectivity index (χ1) is 12.3. The zero-order valence-electron chi connectivity index (χ0n) is 14.9. The van der Waals surface area contributed by atoms with Crippen molar-refractivity contribution in [2.45, 2.75) is 38.9 Å². The lowest BCUT2D eigenvalue weighted by atomic mass is 10.1. The SMILES string of the molecule is Cc1ccccc1CCNC(C)CC(=O)Nc1ccccc1C(F)(F)F. The quantitative estimate of drug-likeness (QED) is 0.756. The Labute approximate surface area is 151 Å². The zero-order valence-corrected chi connectivity index (χ0v) is 14.9. The topological polar surface area (TPSA) is 41.1 Å². The van der Waals surface area contributed by atoms with Crippen LogP contribution >= 0.6 is 0 Å². The summed E-state index contributed by atoms with van der Waals surface area (Å²) in [6, 6.07) is 12.9. The van der Waals surface area contributed by atoms with Gasteiger partial charge in [0.05, 0.1) is 11.3 Å². The number of amides is 1. The van der Waals surface area contributed by atoms with Gasteiger partial charge in [0.2, 0.25) is 5.91 Å². The normalized spacial score (nSPS) is 12.7. The molecule has 0 spiro atoms. The van der Waals surface area contributed by atoms with Crippen molar-refractivity contribution in [3.8, 4) is 0 Å². The highest BCUT2D eigenvalue weighted by molar-refractivity contribution is 5.92. The van der Waals surface area contributed by atoms with Gasteiger partial charge in [-0.05, 0) is 50.1 Å². The van der Waals surface area contributed by atoms with E-state index in [0.717, 1.165) is 12.5 Å². The first-order valence-corrected chi connectivity index (χ1v) is 8.51. The lowest BCUT2D eigenvalue weighted by Crippen LogP contribution is -2.32. The van der Waals surface area contributed by atoms with Crippen LogP contribution in [0.1, 0.15) is 30.0 Å². The fraction of sp³-hybridized carbons (Fsp3) is 0.350. The third-order valence-electron chi connectivity index (χ3n) is 4.15. The maximum Gasteiger partial charge on any atom is 0.418 e. The maximum absolute atomic E-state index is 13.0. The second-order valence-electron chi connectivity index (χ2n) is 6.33. The molecular weight excluding hydrogens is 341 g/mol. The Bertz CT molecular complexity index is 744. The van der Waals surface area contributed by atoms with Crippen molar-refractivity contribution in [2.75, 3.05) is 11.9 Å². The number of para-hydroxylation sites is 1. The first-order valence-electron chi connectivity index (χ1n) is 8.51. The summed E-state index contributed by atoms with van der Waals surface area (Å²) in [5.74, 6) is -0.447. The number of rotatable bonds is 7. The minimum Gasteiger partial charge on any atom is -0.325 e. The van der Waals surface area contributed by atoms with Crippen LogP contribution in [0.15, 0.2) is 48.5 Å². The molecule has 0 aliphatic carbocycles. The summed E-state index contributed by atoms with van der Waals surface area (Å²) in [4.78, 5) is 12.1. The van der Waals surface area contributed by atoms with Crippen LogP contribution in [0, 0.1) is 6.92 Å². The van der Waals surface area contributed by atoms with Crippen LogP contribution < -0.4 is 10.6 Å². The van der Waals surface area contributed by atoms with Crippen molar-refractivity contribution < 1.29 is 18.0 Å². The smallest absolute Gasteiger partial charge is 0.325 e. The van der Waals surface area contributed by atoms with Crippen LogP contribution in [0.25, 0.3) is 0 Å². The van der Waals surface area contributed by atoms with E-state index in [1.54, 1.807) is 0 Å². The van der Waals surface area contributed by atoms with E-state index in [0.29, 0.717) is 6.54 Å². The van der Waals surface area contributed by atoms with Crippen LogP contribution in [0.4, 0.5) is 18.9 Å². The van der Waals surface area contributed by atoms with Crippen molar-refractivity contribution >= 4 is 11.6 Å². The van der Waals surface area contributed by atoms with Crippen molar-refractivity contribution in [1.82, 2.24) is 5.32 Å². The molecule has 0 bridgehead atoms. The number of hydrogen-bond donors (Lipinski definition) is 2. The van der Waals surface area contributed by atoms with Gasteiger partial charge in [0.25, 0.3) is 0 Å². The number of anilines is 1. The van der Waals surface area contributed by atoms with Gasteiger partial charge in [0, 0.05) is 12.5 Å². The molecule has 2 rings (SSSR count). The number of carbonyl (C=O) groups excluding carboxylic acids is 1. The number of benzene rings is 2. The second-order valence-corrected chi connectivity index (χ2v) is 6.33. The van der Waals surface area contributed by atoms with Crippen molar-refractivity contribution in [1.29, 1.82) is 0 Å². The van der Waals surface area contributed by atoms with Gasteiger partial charge in [-0.25, -0.2) is 0 Å². The second kappa shape index (κ2) is 8.85. The third-order valence-corrected chi connectivity index (χ3v) is 4.15. The lowest BCUT2D eigenvalue weighted by molar-refractivity contribution is -0.137. The maximum atomic E-state index is 13.0. The predicted molar refractivity (Wildman–Crippen MR) is 97.0 cm³/mol. The van der Waals surface area contributed by atoms with Gasteiger partial charge in [0.15, 0.2) is 0 Å². The Hall–Kier alpha value is -2.34. The van der Waals surface area contributed by atoms with Gasteiger partial charge in [-0.15, -0.1) is 0 Å². The standard InChI is InChI=1S/C20H23F3N2O/c1-14-7-3-4-8-16(14)11-12-24-15(2)13-19(26)25-18-10-6-5-9-17(18)20(21,22)23/h3-10,15,24H,11-13H2,1-2H3,(H,25,26). The van der Waals surface area contributed by atoms with E-state index in [1.165, 1.54) is 29.3 Å². The number of halogens is 3. The number of alkyl halides is 3. The summed E-state index contributed by atoms with van der Waals surface area (Å²) in [5.41, 5.74) is 1.39. The van der Waals surface area contributed by atoms with Crippen molar-refractivity contribution in [2.24, 2.45) is 0 Å². The van der Waals surface area contributed by atoms with E-state index in [4.69, 9.17) is 0 Å². The molecule has 26 heavy (non-hydrogen) atoms. The Kier molecular flexibility index (Phi) is 6.80. The Morgan fingerprint density at radius 1 is 1.08 bits per heavy atom. The Balaban J connectivity index is 1.84. The minimum absolute atomic E-state index is 0.0972. The van der Waals surface area contributed by atoms with E-state index >= 15 is 0 Å². The van der Waals surface area contributed by atoms with Gasteiger partial charge < -0.3 is 10.6 Å². The van der Waals surface area contributed by atoms with Crippen LogP contribution in [0.5, 0.6) is 0 Å². The van der Waals surface area contributed by atoms with Gasteiger partial charge >= 0.3 is 6.18 Å². The lowest BCUT2D eigenvalue weighted by Gasteiger charge is -2.16. The van der Waals surface area contributed by atoms with E-state index in [2.05, 4.69) is 16.7 Å². The molecule has 0 radical (unpaired) electrons. The molecule has 140 valence electrons. The molecule has 6 heteroatoms. The fourth-order valence-corrected chi connectivity index (χ4v) is 2.73. The summed E-state index contributed by atoms with van der Waals surface area (Å²) in [6.07, 6.45) is -3.57. The number of hydrogen-bond acceptors (Lipinski definition) is 2. The zero-order chi connectivity index (χ0) is 19.2. The van der Waals surface area contributed by atoms with Crippen molar-refractivity contribution in [3.05, 3.63) is 65.2 Å². The molecule has 0 fully saturated rings. The van der Waals surface area contributed by atoms with Gasteiger partial charge in [-0.3, -0.25) is 4.79 Å². The van der Waals surface area contributed by atoms with Crippen molar-refractivity contribution in [3.63, 3.8) is 0 Å². The highest BCUT2D eigenvalue weighted by atomic mass is 19.4. The van der Waals surface area contributed by atoms with Gasteiger partial charge in [0.1, 0.15) is 0 Å². The molecular formula is C20H23F3N2O. The summed E-state index contributed by atoms with van der Waals surface area (Å²) < 4.78 is 38.9. The van der Waals surface area contributed by atoms with Gasteiger partial charge in [-0.1, -0.05) is 36.4 Å². The highest BCUT2D eigenvalue weighted by Gasteiger charge is 2.33. The van der Waals surface area contributed by atoms with Crippen LogP contribution in [-0.2, 0) is 17.4 Å². The number of nitrogens with one attached hydrogen (secondary N) is 2. The van der Waals surface area contributed by atoms with E-state index < -0.39 is 17.6 Å². The molecule has 2 aromatic carbocycles. The van der Waals surface area contributed by atoms with Gasteiger partial charge in [-0.2, -0.15) is 13.2 Å². The van der Waals surface area contributed by atoms with Crippen LogP contribution in [0.3, 0.4) is 0 Å². The molecule has 1 unspecified atom stereocenters. The molecule has 2 aromatic rings. The summed E-state index contributed by atoms with van der Waals surface area (Å²) >= 11 is 0. The number of aryl methyl sites for hydroxylation is 1. The average Bonchev–Trinajstić information content (AvgIpc) is 2.56. The summed E-state index contributed by atoms with van der Waals surface area (Å²) in [7, 11) is 0. The summed E-state index contributed by atoms with van der Waals surface area (Å²) in [6.45, 7) is 4.58. The molecule has 2 N–H and O–H groups in total. The average molecular weight is 364 g/mol. The van der Waals surface area contributed by atoms with E-state index in [9.17, 15) is 18.0 Å². The van der Waals surface area contributed by atoms with Crippen LogP contribution in [0.2, 0.25) is 0 Å². The molecule has 0 aliphatic rings. The van der Waals surface area contributed by atoms with E-state index in [-0.39, 0.29) is 18.2 Å². The minimum atomic E-state index is -4.50. The molecule has 1 atom stereocenters. The van der Waals surface area contributed by atoms with E-state index in [1.807, 2.05) is 32.0 Å². The molecule has 0 heterocycles. The molecule has 3 nitrogen and oxygen atoms in total. The highest BCUT2D eigenvalue weighted by Crippen LogP contribution is 2.34. The number of carbonyl (C=O) groups is 1. The molecule has 0 aromatic heterocycles. The van der Waals surface area contributed by atoms with Crippen LogP contribution in [-0.4, -0.2) is 18.5 Å². The Morgan fingerprint density at radius 2 is 1.73 bits per heavy atom. The predicted octanol–water partition coefficient (Wildman–Crippen LogP) is 4.56. The molecule has 0 aliphatic heterocycles. The molecule has 1 amide bonds. The molecule has 0 saturated carbocycles. The fourth-order valence-electron chi connectivity index (χ4n) is 2.73. The Morgan fingerprint density at radius 3 is 2.42 bits per heavy atom. The monoisotopic (exact) mass is 364 g/mol.